The van der Waals surface area contributed by atoms with Gasteiger partial charge in [0.2, 0.25) is 0 Å². The van der Waals surface area contributed by atoms with Gasteiger partial charge in [-0.1, -0.05) is 55.8 Å². The van der Waals surface area contributed by atoms with E-state index in [1.54, 1.807) is 24.3 Å². The Labute approximate surface area is 191 Å². The van der Waals surface area contributed by atoms with Gasteiger partial charge in [0.25, 0.3) is 0 Å². The van der Waals surface area contributed by atoms with Crippen LogP contribution in [-0.4, -0.2) is 22.7 Å². The maximum Gasteiger partial charge on any atom is 0.336 e. The Kier molecular flexibility index (Phi) is 5.13. The smallest absolute Gasteiger partial charge is 0.336 e. The number of fused-ring (bicyclic) bond motifs is 1. The third-order valence-electron chi connectivity index (χ3n) is 5.14. The van der Waals surface area contributed by atoms with Crippen molar-refractivity contribution < 1.29 is 34.1 Å². The van der Waals surface area contributed by atoms with Gasteiger partial charge >= 0.3 is 16.2 Å². The summed E-state index contributed by atoms with van der Waals surface area (Å²) in [6.07, 6.45) is 0. The Balaban J connectivity index is 1.75. The van der Waals surface area contributed by atoms with E-state index in [1.165, 1.54) is 0 Å². The average Bonchev–Trinajstić information content (AvgIpc) is 2.77. The van der Waals surface area contributed by atoms with Crippen molar-refractivity contribution in [2.24, 2.45) is 0 Å². The first-order valence-corrected chi connectivity index (χ1v) is 12.0. The minimum absolute atomic E-state index is 0.143. The summed E-state index contributed by atoms with van der Waals surface area (Å²) in [5, 5.41) is 9.01. The number of carboxylic acids is 1. The summed E-state index contributed by atoms with van der Waals surface area (Å²) in [4.78, 5) is 13.8. The standard InChI is InChI=1S/C24H18F5NO3S/c1-2-33-18-9-7-16(8-10-18)15-3-5-17(6-4-15)23-14-21(24(31)32)20-13-19(11-12-22(20)30-23)34(25,26,27,28)29/h3-14H,2H2,1H3,(H,31,32). The molecule has 1 N–H and O–H groups in total. The largest absolute Gasteiger partial charge is 0.494 e. The first-order chi connectivity index (χ1) is 15.7. The molecule has 0 saturated carbocycles. The number of carboxylic acid groups (broad SMARTS) is 1. The SMILES string of the molecule is CCOc1ccc(-c2ccc(-c3cc(C(=O)O)c4cc(S(F)(F)(F)(F)F)ccc4n3)cc2)cc1. The molecule has 0 atom stereocenters. The van der Waals surface area contributed by atoms with Crippen molar-refractivity contribution in [3.63, 3.8) is 0 Å². The van der Waals surface area contributed by atoms with Gasteiger partial charge in [0, 0.05) is 10.9 Å². The highest BCUT2D eigenvalue weighted by Gasteiger charge is 2.65. The molecule has 0 aliphatic carbocycles. The van der Waals surface area contributed by atoms with Crippen LogP contribution in [0.3, 0.4) is 0 Å². The topological polar surface area (TPSA) is 59.4 Å². The molecule has 3 aromatic carbocycles. The number of rotatable bonds is 6. The van der Waals surface area contributed by atoms with Gasteiger partial charge in [-0.15, -0.1) is 0 Å². The van der Waals surface area contributed by atoms with Gasteiger partial charge in [0.05, 0.1) is 23.4 Å². The molecular weight excluding hydrogens is 477 g/mol. The molecule has 0 unspecified atom stereocenters. The number of hydrogen-bond acceptors (Lipinski definition) is 3. The molecule has 0 aliphatic heterocycles. The maximum atomic E-state index is 13.2. The van der Waals surface area contributed by atoms with Crippen molar-refractivity contribution in [2.75, 3.05) is 6.61 Å². The van der Waals surface area contributed by atoms with Gasteiger partial charge in [-0.3, -0.25) is 0 Å². The number of ether oxygens (including phenoxy) is 1. The van der Waals surface area contributed by atoms with Crippen molar-refractivity contribution in [2.45, 2.75) is 11.8 Å². The molecule has 4 rings (SSSR count). The van der Waals surface area contributed by atoms with Crippen LogP contribution in [0.25, 0.3) is 33.3 Å². The second-order valence-electron chi connectivity index (χ2n) is 7.54. The molecule has 34 heavy (non-hydrogen) atoms. The van der Waals surface area contributed by atoms with Crippen LogP contribution < -0.4 is 4.74 Å². The number of halogens is 5. The van der Waals surface area contributed by atoms with Gasteiger partial charge in [-0.2, -0.15) is 0 Å². The highest BCUT2D eigenvalue weighted by Crippen LogP contribution is 3.02. The molecule has 0 spiro atoms. The molecule has 0 radical (unpaired) electrons. The number of aromatic nitrogens is 1. The van der Waals surface area contributed by atoms with Crippen molar-refractivity contribution in [3.05, 3.63) is 78.4 Å². The Morgan fingerprint density at radius 2 is 1.41 bits per heavy atom. The van der Waals surface area contributed by atoms with Crippen LogP contribution in [0.5, 0.6) is 5.75 Å². The van der Waals surface area contributed by atoms with Crippen LogP contribution in [0.15, 0.2) is 77.7 Å². The average molecular weight is 495 g/mol. The lowest BCUT2D eigenvalue weighted by Crippen LogP contribution is -2.07. The zero-order valence-electron chi connectivity index (χ0n) is 17.6. The zero-order valence-corrected chi connectivity index (χ0v) is 18.5. The van der Waals surface area contributed by atoms with E-state index in [2.05, 4.69) is 4.98 Å². The predicted molar refractivity (Wildman–Crippen MR) is 122 cm³/mol. The third-order valence-corrected chi connectivity index (χ3v) is 6.28. The van der Waals surface area contributed by atoms with Crippen molar-refractivity contribution in [1.29, 1.82) is 0 Å². The van der Waals surface area contributed by atoms with Crippen LogP contribution in [0.1, 0.15) is 17.3 Å². The molecule has 0 aliphatic rings. The lowest BCUT2D eigenvalue weighted by molar-refractivity contribution is 0.0699. The molecule has 4 aromatic rings. The Morgan fingerprint density at radius 3 is 1.94 bits per heavy atom. The molecule has 4 nitrogen and oxygen atoms in total. The Hall–Kier alpha value is -3.66. The fourth-order valence-electron chi connectivity index (χ4n) is 3.51. The maximum absolute atomic E-state index is 13.2. The number of carbonyl (C=O) groups is 1. The summed E-state index contributed by atoms with van der Waals surface area (Å²) < 4.78 is 71.5. The number of hydrogen-bond donors (Lipinski definition) is 1. The van der Waals surface area contributed by atoms with Crippen LogP contribution in [-0.2, 0) is 0 Å². The predicted octanol–water partition coefficient (Wildman–Crippen LogP) is 8.32. The number of benzene rings is 3. The molecule has 0 bridgehead atoms. The van der Waals surface area contributed by atoms with Crippen molar-refractivity contribution >= 4 is 27.1 Å². The molecule has 1 aromatic heterocycles. The molecule has 0 fully saturated rings. The lowest BCUT2D eigenvalue weighted by Gasteiger charge is -2.40. The number of pyridine rings is 1. The van der Waals surface area contributed by atoms with E-state index >= 15 is 0 Å². The van der Waals surface area contributed by atoms with Gasteiger partial charge in [-0.25, -0.2) is 9.78 Å². The molecule has 1 heterocycles. The van der Waals surface area contributed by atoms with E-state index in [1.807, 2.05) is 31.2 Å². The van der Waals surface area contributed by atoms with Gasteiger partial charge in [0.1, 0.15) is 10.6 Å². The van der Waals surface area contributed by atoms with Gasteiger partial charge < -0.3 is 9.84 Å². The number of nitrogens with zero attached hydrogens (tertiary/aromatic N) is 1. The summed E-state index contributed by atoms with van der Waals surface area (Å²) in [7, 11) is -9.98. The van der Waals surface area contributed by atoms with E-state index in [-0.39, 0.29) is 23.3 Å². The van der Waals surface area contributed by atoms with Crippen molar-refractivity contribution in [1.82, 2.24) is 4.98 Å². The number of aromatic carboxylic acids is 1. The van der Waals surface area contributed by atoms with Crippen molar-refractivity contribution in [3.8, 4) is 28.1 Å². The fourth-order valence-corrected chi connectivity index (χ4v) is 4.18. The second-order valence-corrected chi connectivity index (χ2v) is 9.95. The van der Waals surface area contributed by atoms with Gasteiger partial charge in [-0.05, 0) is 54.4 Å². The highest BCUT2D eigenvalue weighted by atomic mass is 32.5. The Bertz CT molecular complexity index is 1410. The minimum Gasteiger partial charge on any atom is -0.494 e. The van der Waals surface area contributed by atoms with E-state index in [9.17, 15) is 29.3 Å². The minimum atomic E-state index is -9.98. The van der Waals surface area contributed by atoms with Crippen LogP contribution in [0.4, 0.5) is 19.4 Å². The van der Waals surface area contributed by atoms with Crippen LogP contribution >= 0.6 is 10.2 Å². The lowest BCUT2D eigenvalue weighted by atomic mass is 10.0. The molecular formula is C24H18F5NO3S. The van der Waals surface area contributed by atoms with Gasteiger partial charge in [0.15, 0.2) is 0 Å². The van der Waals surface area contributed by atoms with E-state index in [0.717, 1.165) is 29.0 Å². The monoisotopic (exact) mass is 495 g/mol. The zero-order chi connectivity index (χ0) is 24.8. The summed E-state index contributed by atoms with van der Waals surface area (Å²) in [6, 6.07) is 16.6. The second kappa shape index (κ2) is 7.42. The van der Waals surface area contributed by atoms with Crippen LogP contribution in [0, 0.1) is 0 Å². The summed E-state index contributed by atoms with van der Waals surface area (Å²) >= 11 is 0. The molecule has 0 amide bonds. The molecule has 10 heteroatoms. The quantitative estimate of drug-likeness (QED) is 0.273. The van der Waals surface area contributed by atoms with E-state index in [4.69, 9.17) is 4.74 Å². The first kappa shape index (κ1) is 23.5. The molecule has 178 valence electrons. The van der Waals surface area contributed by atoms with E-state index < -0.39 is 32.0 Å². The highest BCUT2D eigenvalue weighted by molar-refractivity contribution is 8.45. The van der Waals surface area contributed by atoms with E-state index in [0.29, 0.717) is 12.2 Å². The van der Waals surface area contributed by atoms with Crippen LogP contribution in [0.2, 0.25) is 0 Å². The first-order valence-electron chi connectivity index (χ1n) is 10.0. The Morgan fingerprint density at radius 1 is 0.853 bits per heavy atom. The molecule has 0 saturated heterocycles. The summed E-state index contributed by atoms with van der Waals surface area (Å²) in [6.45, 7) is 2.43. The summed E-state index contributed by atoms with van der Waals surface area (Å²) in [5.41, 5.74) is 1.78. The normalized spacial score (nSPS) is 13.8. The third kappa shape index (κ3) is 4.81. The fraction of sp³-hybridized carbons (Fsp3) is 0.0833. The summed E-state index contributed by atoms with van der Waals surface area (Å²) in [5.74, 6) is -0.822.